The van der Waals surface area contributed by atoms with Gasteiger partial charge in [0.05, 0.1) is 31.9 Å². The van der Waals surface area contributed by atoms with Crippen molar-refractivity contribution in [3.63, 3.8) is 0 Å². The Morgan fingerprint density at radius 3 is 2.53 bits per heavy atom. The van der Waals surface area contributed by atoms with Crippen molar-refractivity contribution < 1.29 is 19.0 Å². The van der Waals surface area contributed by atoms with Gasteiger partial charge in [-0.05, 0) is 23.6 Å². The Morgan fingerprint density at radius 1 is 1.13 bits per heavy atom. The summed E-state index contributed by atoms with van der Waals surface area (Å²) in [5.74, 6) is 1.82. The van der Waals surface area contributed by atoms with Crippen LogP contribution in [0.25, 0.3) is 15.7 Å². The fraction of sp³-hybridized carbons (Fsp3) is 0.250. The minimum atomic E-state index is -0.224. The largest absolute Gasteiger partial charge is 0.493 e. The maximum Gasteiger partial charge on any atom is 0.251 e. The number of nitrogens with one attached hydrogen (secondary N) is 1. The van der Waals surface area contributed by atoms with Gasteiger partial charge in [-0.3, -0.25) is 4.79 Å². The number of aromatic nitrogens is 3. The average Bonchev–Trinajstić information content (AvgIpc) is 3.50. The van der Waals surface area contributed by atoms with E-state index in [1.54, 1.807) is 23.5 Å². The summed E-state index contributed by atoms with van der Waals surface area (Å²) in [7, 11) is 4.56. The molecule has 0 spiro atoms. The maximum absolute atomic E-state index is 12.6. The predicted molar refractivity (Wildman–Crippen MR) is 116 cm³/mol. The number of nitrogens with zero attached hydrogens (tertiary/aromatic N) is 3. The summed E-state index contributed by atoms with van der Waals surface area (Å²) in [6, 6.07) is 7.24. The first-order valence-corrected chi connectivity index (χ1v) is 10.9. The molecule has 4 rings (SSSR count). The van der Waals surface area contributed by atoms with E-state index in [0.717, 1.165) is 21.4 Å². The normalized spacial score (nSPS) is 10.9. The van der Waals surface area contributed by atoms with E-state index in [0.29, 0.717) is 35.8 Å². The number of amides is 1. The SMILES string of the molecule is COc1cc(C(=O)NCCc2csc3nc(-c4cccs4)nn23)cc(OC)c1OC. The summed E-state index contributed by atoms with van der Waals surface area (Å²) in [5.41, 5.74) is 1.43. The highest BCUT2D eigenvalue weighted by Gasteiger charge is 2.17. The van der Waals surface area contributed by atoms with Crippen LogP contribution in [-0.2, 0) is 6.42 Å². The van der Waals surface area contributed by atoms with Crippen LogP contribution in [-0.4, -0.2) is 48.4 Å². The van der Waals surface area contributed by atoms with Crippen molar-refractivity contribution in [3.05, 3.63) is 46.3 Å². The van der Waals surface area contributed by atoms with E-state index >= 15 is 0 Å². The molecule has 0 aliphatic heterocycles. The molecule has 0 fully saturated rings. The van der Waals surface area contributed by atoms with Crippen molar-refractivity contribution in [2.75, 3.05) is 27.9 Å². The van der Waals surface area contributed by atoms with Gasteiger partial charge in [-0.25, -0.2) is 4.52 Å². The zero-order chi connectivity index (χ0) is 21.1. The molecule has 156 valence electrons. The van der Waals surface area contributed by atoms with Crippen LogP contribution >= 0.6 is 22.7 Å². The number of methoxy groups -OCH3 is 3. The van der Waals surface area contributed by atoms with Gasteiger partial charge >= 0.3 is 0 Å². The standard InChI is InChI=1S/C20H20N4O4S2/c1-26-14-9-12(10-15(27-2)17(14)28-3)19(25)21-7-6-13-11-30-20-22-18(23-24(13)20)16-5-4-8-29-16/h4-5,8-11H,6-7H2,1-3H3,(H,21,25). The van der Waals surface area contributed by atoms with Gasteiger partial charge in [0.1, 0.15) is 0 Å². The van der Waals surface area contributed by atoms with Gasteiger partial charge in [-0.15, -0.1) is 27.8 Å². The predicted octanol–water partition coefficient (Wildman–Crippen LogP) is 3.52. The fourth-order valence-corrected chi connectivity index (χ4v) is 4.53. The van der Waals surface area contributed by atoms with Crippen molar-refractivity contribution >= 4 is 33.5 Å². The molecule has 0 aliphatic rings. The van der Waals surface area contributed by atoms with Crippen molar-refractivity contribution in [2.24, 2.45) is 0 Å². The number of carbonyl (C=O) groups is 1. The van der Waals surface area contributed by atoms with Crippen LogP contribution in [0.5, 0.6) is 17.2 Å². The van der Waals surface area contributed by atoms with E-state index in [9.17, 15) is 4.79 Å². The Balaban J connectivity index is 1.45. The van der Waals surface area contributed by atoms with Crippen LogP contribution in [0, 0.1) is 0 Å². The second-order valence-corrected chi connectivity index (χ2v) is 8.04. The Hall–Kier alpha value is -3.11. The van der Waals surface area contributed by atoms with Gasteiger partial charge in [-0.2, -0.15) is 4.98 Å². The van der Waals surface area contributed by atoms with Gasteiger partial charge in [0.15, 0.2) is 17.3 Å². The monoisotopic (exact) mass is 444 g/mol. The summed E-state index contributed by atoms with van der Waals surface area (Å²) in [6.45, 7) is 0.454. The Morgan fingerprint density at radius 2 is 1.90 bits per heavy atom. The van der Waals surface area contributed by atoms with Crippen molar-refractivity contribution in [1.29, 1.82) is 0 Å². The zero-order valence-electron chi connectivity index (χ0n) is 16.7. The third-order valence-electron chi connectivity index (χ3n) is 4.49. The lowest BCUT2D eigenvalue weighted by Crippen LogP contribution is -2.26. The van der Waals surface area contributed by atoms with E-state index in [1.807, 2.05) is 27.4 Å². The van der Waals surface area contributed by atoms with Gasteiger partial charge in [0.25, 0.3) is 5.91 Å². The summed E-state index contributed by atoms with van der Waals surface area (Å²) in [4.78, 5) is 19.1. The number of thiazole rings is 1. The zero-order valence-corrected chi connectivity index (χ0v) is 18.3. The summed E-state index contributed by atoms with van der Waals surface area (Å²) in [5, 5.41) is 11.5. The minimum absolute atomic E-state index is 0.224. The summed E-state index contributed by atoms with van der Waals surface area (Å²) in [6.07, 6.45) is 0.628. The van der Waals surface area contributed by atoms with Gasteiger partial charge in [0.2, 0.25) is 10.7 Å². The lowest BCUT2D eigenvalue weighted by molar-refractivity contribution is 0.0953. The summed E-state index contributed by atoms with van der Waals surface area (Å²) < 4.78 is 17.8. The van der Waals surface area contributed by atoms with Crippen LogP contribution in [0.15, 0.2) is 35.0 Å². The molecular weight excluding hydrogens is 424 g/mol. The minimum Gasteiger partial charge on any atom is -0.493 e. The van der Waals surface area contributed by atoms with Gasteiger partial charge in [-0.1, -0.05) is 6.07 Å². The third-order valence-corrected chi connectivity index (χ3v) is 6.22. The van der Waals surface area contributed by atoms with Crippen molar-refractivity contribution in [2.45, 2.75) is 6.42 Å². The number of hydrogen-bond acceptors (Lipinski definition) is 8. The topological polar surface area (TPSA) is 87.0 Å². The number of fused-ring (bicyclic) bond motifs is 1. The smallest absolute Gasteiger partial charge is 0.251 e. The molecule has 3 aromatic heterocycles. The Labute approximate surface area is 181 Å². The maximum atomic E-state index is 12.6. The van der Waals surface area contributed by atoms with E-state index in [4.69, 9.17) is 14.2 Å². The van der Waals surface area contributed by atoms with Crippen molar-refractivity contribution in [3.8, 4) is 28.0 Å². The highest BCUT2D eigenvalue weighted by Crippen LogP contribution is 2.38. The lowest BCUT2D eigenvalue weighted by atomic mass is 10.1. The molecule has 0 bridgehead atoms. The molecule has 10 heteroatoms. The third kappa shape index (κ3) is 3.83. The number of thiophene rings is 1. The van der Waals surface area contributed by atoms with Crippen LogP contribution in [0.4, 0.5) is 0 Å². The molecule has 0 saturated carbocycles. The van der Waals surface area contributed by atoms with E-state index in [1.165, 1.54) is 32.7 Å². The molecule has 4 aromatic rings. The first-order chi connectivity index (χ1) is 14.6. The molecule has 0 radical (unpaired) electrons. The first-order valence-electron chi connectivity index (χ1n) is 9.09. The quantitative estimate of drug-likeness (QED) is 0.448. The molecular formula is C20H20N4O4S2. The van der Waals surface area contributed by atoms with Gasteiger partial charge in [0, 0.05) is 23.9 Å². The van der Waals surface area contributed by atoms with E-state index in [2.05, 4.69) is 15.4 Å². The summed E-state index contributed by atoms with van der Waals surface area (Å²) >= 11 is 3.14. The molecule has 1 aromatic carbocycles. The van der Waals surface area contributed by atoms with E-state index in [-0.39, 0.29) is 5.91 Å². The molecule has 0 unspecified atom stereocenters. The molecule has 0 saturated heterocycles. The average molecular weight is 445 g/mol. The van der Waals surface area contributed by atoms with Crippen LogP contribution in [0.3, 0.4) is 0 Å². The van der Waals surface area contributed by atoms with Crippen LogP contribution < -0.4 is 19.5 Å². The number of hydrogen-bond donors (Lipinski definition) is 1. The second kappa shape index (κ2) is 8.72. The number of ether oxygens (including phenoxy) is 3. The molecule has 8 nitrogen and oxygen atoms in total. The van der Waals surface area contributed by atoms with Crippen LogP contribution in [0.1, 0.15) is 16.1 Å². The number of rotatable bonds is 8. The molecule has 1 amide bonds. The molecule has 1 N–H and O–H groups in total. The fourth-order valence-electron chi connectivity index (χ4n) is 3.03. The number of carbonyl (C=O) groups excluding carboxylic acids is 1. The Kier molecular flexibility index (Phi) is 5.86. The molecule has 0 aliphatic carbocycles. The van der Waals surface area contributed by atoms with E-state index < -0.39 is 0 Å². The van der Waals surface area contributed by atoms with Gasteiger partial charge < -0.3 is 19.5 Å². The molecule has 3 heterocycles. The van der Waals surface area contributed by atoms with Crippen molar-refractivity contribution in [1.82, 2.24) is 19.9 Å². The lowest BCUT2D eigenvalue weighted by Gasteiger charge is -2.14. The number of benzene rings is 1. The Bertz CT molecular complexity index is 1140. The highest BCUT2D eigenvalue weighted by molar-refractivity contribution is 7.15. The van der Waals surface area contributed by atoms with Crippen LogP contribution in [0.2, 0.25) is 0 Å². The second-order valence-electron chi connectivity index (χ2n) is 6.25. The molecule has 30 heavy (non-hydrogen) atoms. The molecule has 0 atom stereocenters. The highest BCUT2D eigenvalue weighted by atomic mass is 32.1. The first kappa shape index (κ1) is 20.2.